The number of hydrogen-bond donors (Lipinski definition) is 2. The summed E-state index contributed by atoms with van der Waals surface area (Å²) in [6.07, 6.45) is 2.33. The van der Waals surface area contributed by atoms with E-state index in [1.165, 1.54) is 12.1 Å². The zero-order chi connectivity index (χ0) is 21.3. The van der Waals surface area contributed by atoms with Crippen LogP contribution in [0, 0.1) is 5.82 Å². The highest BCUT2D eigenvalue weighted by Gasteiger charge is 2.50. The van der Waals surface area contributed by atoms with E-state index in [0.29, 0.717) is 16.8 Å². The quantitative estimate of drug-likeness (QED) is 0.422. The minimum atomic E-state index is -5.28. The number of benzene rings is 1. The largest absolute Gasteiger partial charge is 0.511 e. The summed E-state index contributed by atoms with van der Waals surface area (Å²) in [6, 6.07) is 6.32. The van der Waals surface area contributed by atoms with Crippen molar-refractivity contribution >= 4 is 16.0 Å². The van der Waals surface area contributed by atoms with Gasteiger partial charge in [-0.1, -0.05) is 12.1 Å². The van der Waals surface area contributed by atoms with E-state index in [2.05, 4.69) is 15.6 Å². The molecule has 0 amide bonds. The number of nitrogens with one attached hydrogen (secondary N) is 2. The SMILES string of the molecule is CN=C(NCC1(c2cccc(F)c2)CC1)NC1CCN(S(=O)(=O)C(F)(F)F)CC1. The molecule has 29 heavy (non-hydrogen) atoms. The second-order valence-corrected chi connectivity index (χ2v) is 9.41. The van der Waals surface area contributed by atoms with Crippen LogP contribution in [0.15, 0.2) is 29.3 Å². The molecule has 1 heterocycles. The highest BCUT2D eigenvalue weighted by Crippen LogP contribution is 2.47. The van der Waals surface area contributed by atoms with Gasteiger partial charge in [-0.25, -0.2) is 12.8 Å². The number of sulfonamides is 1. The van der Waals surface area contributed by atoms with Gasteiger partial charge in [-0.15, -0.1) is 0 Å². The molecule has 0 atom stereocenters. The molecule has 1 aromatic rings. The van der Waals surface area contributed by atoms with Crippen LogP contribution < -0.4 is 10.6 Å². The average molecular weight is 436 g/mol. The third-order valence-electron chi connectivity index (χ3n) is 5.54. The topological polar surface area (TPSA) is 73.8 Å². The summed E-state index contributed by atoms with van der Waals surface area (Å²) in [7, 11) is -3.70. The van der Waals surface area contributed by atoms with E-state index < -0.39 is 15.5 Å². The monoisotopic (exact) mass is 436 g/mol. The van der Waals surface area contributed by atoms with E-state index in [4.69, 9.17) is 0 Å². The maximum absolute atomic E-state index is 13.5. The molecule has 6 nitrogen and oxygen atoms in total. The Bertz CT molecular complexity index is 861. The maximum atomic E-state index is 13.5. The van der Waals surface area contributed by atoms with E-state index in [1.54, 1.807) is 13.1 Å². The number of alkyl halides is 3. The van der Waals surface area contributed by atoms with Crippen LogP contribution in [-0.2, 0) is 15.4 Å². The molecule has 0 unspecified atom stereocenters. The number of hydrogen-bond acceptors (Lipinski definition) is 3. The van der Waals surface area contributed by atoms with Gasteiger partial charge in [-0.3, -0.25) is 4.99 Å². The lowest BCUT2D eigenvalue weighted by molar-refractivity contribution is -0.0494. The lowest BCUT2D eigenvalue weighted by atomic mass is 9.96. The Hall–Kier alpha value is -1.88. The van der Waals surface area contributed by atoms with Gasteiger partial charge in [0.1, 0.15) is 5.82 Å². The molecule has 1 saturated carbocycles. The molecule has 1 aromatic carbocycles. The first-order chi connectivity index (χ1) is 13.6. The average Bonchev–Trinajstić information content (AvgIpc) is 3.46. The van der Waals surface area contributed by atoms with Crippen molar-refractivity contribution in [1.29, 1.82) is 0 Å². The second kappa shape index (κ2) is 8.10. The number of nitrogens with zero attached hydrogens (tertiary/aromatic N) is 2. The van der Waals surface area contributed by atoms with Crippen LogP contribution in [-0.4, -0.2) is 56.9 Å². The summed E-state index contributed by atoms with van der Waals surface area (Å²) >= 11 is 0. The summed E-state index contributed by atoms with van der Waals surface area (Å²) in [5.41, 5.74) is -4.50. The number of rotatable bonds is 5. The predicted molar refractivity (Wildman–Crippen MR) is 101 cm³/mol. The van der Waals surface area contributed by atoms with Gasteiger partial charge in [-0.05, 0) is 43.4 Å². The standard InChI is InChI=1S/C18H24F4N4O2S/c1-23-16(24-12-17(7-8-17)13-3-2-4-14(19)11-13)25-15-5-9-26(10-6-15)29(27,28)18(20,21)22/h2-4,11,15H,5-10,12H2,1H3,(H2,23,24,25). The fourth-order valence-electron chi connectivity index (χ4n) is 3.56. The van der Waals surface area contributed by atoms with Gasteiger partial charge in [0.2, 0.25) is 0 Å². The van der Waals surface area contributed by atoms with Crippen molar-refractivity contribution in [3.8, 4) is 0 Å². The predicted octanol–water partition coefficient (Wildman–Crippen LogP) is 2.34. The molecule has 11 heteroatoms. The number of guanidine groups is 1. The lowest BCUT2D eigenvalue weighted by Crippen LogP contribution is -2.52. The molecule has 3 rings (SSSR count). The Kier molecular flexibility index (Phi) is 6.09. The van der Waals surface area contributed by atoms with Crippen molar-refractivity contribution in [3.63, 3.8) is 0 Å². The van der Waals surface area contributed by atoms with Gasteiger partial charge in [0.25, 0.3) is 0 Å². The molecule has 0 spiro atoms. The van der Waals surface area contributed by atoms with Crippen LogP contribution in [0.1, 0.15) is 31.2 Å². The first kappa shape index (κ1) is 21.8. The van der Waals surface area contributed by atoms with Crippen LogP contribution in [0.4, 0.5) is 17.6 Å². The smallest absolute Gasteiger partial charge is 0.356 e. The molecule has 1 aliphatic heterocycles. The fraction of sp³-hybridized carbons (Fsp3) is 0.611. The van der Waals surface area contributed by atoms with E-state index in [9.17, 15) is 26.0 Å². The second-order valence-electron chi connectivity index (χ2n) is 7.48. The lowest BCUT2D eigenvalue weighted by Gasteiger charge is -2.32. The first-order valence-electron chi connectivity index (χ1n) is 9.37. The van der Waals surface area contributed by atoms with Crippen molar-refractivity contribution in [2.75, 3.05) is 26.7 Å². The zero-order valence-corrected chi connectivity index (χ0v) is 16.8. The molecule has 162 valence electrons. The minimum absolute atomic E-state index is 0.149. The van der Waals surface area contributed by atoms with Crippen molar-refractivity contribution in [3.05, 3.63) is 35.6 Å². The number of aliphatic imine (C=N–C) groups is 1. The van der Waals surface area contributed by atoms with Gasteiger partial charge in [0.05, 0.1) is 0 Å². The molecule has 0 aromatic heterocycles. The molecule has 1 aliphatic carbocycles. The molecular weight excluding hydrogens is 412 g/mol. The third-order valence-corrected chi connectivity index (χ3v) is 7.17. The van der Waals surface area contributed by atoms with Crippen LogP contribution in [0.25, 0.3) is 0 Å². The van der Waals surface area contributed by atoms with Gasteiger partial charge in [-0.2, -0.15) is 17.5 Å². The van der Waals surface area contributed by atoms with Crippen molar-refractivity contribution in [2.24, 2.45) is 4.99 Å². The Balaban J connectivity index is 1.52. The molecular formula is C18H24F4N4O2S. The Labute approximate surface area is 167 Å². The van der Waals surface area contributed by atoms with E-state index in [0.717, 1.165) is 18.4 Å². The fourth-order valence-corrected chi connectivity index (χ4v) is 4.55. The molecule has 0 bridgehead atoms. The highest BCUT2D eigenvalue weighted by molar-refractivity contribution is 7.90. The molecule has 2 fully saturated rings. The van der Waals surface area contributed by atoms with E-state index in [1.807, 2.05) is 6.07 Å². The summed E-state index contributed by atoms with van der Waals surface area (Å²) in [6.45, 7) is 0.144. The molecule has 2 aliphatic rings. The minimum Gasteiger partial charge on any atom is -0.356 e. The van der Waals surface area contributed by atoms with Crippen LogP contribution in [0.5, 0.6) is 0 Å². The van der Waals surface area contributed by atoms with Crippen molar-refractivity contribution in [2.45, 2.75) is 42.6 Å². The molecule has 1 saturated heterocycles. The summed E-state index contributed by atoms with van der Waals surface area (Å²) in [5, 5.41) is 6.35. The van der Waals surface area contributed by atoms with Crippen LogP contribution >= 0.6 is 0 Å². The van der Waals surface area contributed by atoms with Gasteiger partial charge < -0.3 is 10.6 Å². The Morgan fingerprint density at radius 1 is 1.28 bits per heavy atom. The number of piperidine rings is 1. The summed E-state index contributed by atoms with van der Waals surface area (Å²) in [5.74, 6) is 0.210. The highest BCUT2D eigenvalue weighted by atomic mass is 32.2. The molecule has 2 N–H and O–H groups in total. The zero-order valence-electron chi connectivity index (χ0n) is 16.0. The Morgan fingerprint density at radius 2 is 1.93 bits per heavy atom. The molecule has 0 radical (unpaired) electrons. The summed E-state index contributed by atoms with van der Waals surface area (Å²) < 4.78 is 75.0. The Morgan fingerprint density at radius 3 is 2.45 bits per heavy atom. The van der Waals surface area contributed by atoms with Crippen molar-refractivity contribution < 1.29 is 26.0 Å². The third kappa shape index (κ3) is 4.82. The van der Waals surface area contributed by atoms with Gasteiger partial charge in [0.15, 0.2) is 5.96 Å². The van der Waals surface area contributed by atoms with Crippen LogP contribution in [0.2, 0.25) is 0 Å². The summed E-state index contributed by atoms with van der Waals surface area (Å²) in [4.78, 5) is 4.14. The van der Waals surface area contributed by atoms with Crippen molar-refractivity contribution in [1.82, 2.24) is 14.9 Å². The first-order valence-corrected chi connectivity index (χ1v) is 10.8. The number of halogens is 4. The van der Waals surface area contributed by atoms with E-state index in [-0.39, 0.29) is 43.2 Å². The maximum Gasteiger partial charge on any atom is 0.511 e. The van der Waals surface area contributed by atoms with Crippen LogP contribution in [0.3, 0.4) is 0 Å². The van der Waals surface area contributed by atoms with Gasteiger partial charge in [0, 0.05) is 38.1 Å². The normalized spacial score (nSPS) is 21.1. The van der Waals surface area contributed by atoms with Gasteiger partial charge >= 0.3 is 15.5 Å². The van der Waals surface area contributed by atoms with E-state index >= 15 is 0 Å².